The van der Waals surface area contributed by atoms with E-state index in [2.05, 4.69) is 24.9 Å². The molecule has 0 spiro atoms. The minimum absolute atomic E-state index is 0.151. The molecule has 0 radical (unpaired) electrons. The zero-order valence-corrected chi connectivity index (χ0v) is 13.8. The minimum atomic E-state index is -2.82. The maximum Gasteiger partial charge on any atom is 0.387 e. The van der Waals surface area contributed by atoms with Gasteiger partial charge in [0.2, 0.25) is 0 Å². The summed E-state index contributed by atoms with van der Waals surface area (Å²) in [4.78, 5) is 10.8. The number of nitrogens with one attached hydrogen (secondary N) is 1. The van der Waals surface area contributed by atoms with E-state index in [1.807, 2.05) is 23.9 Å². The van der Waals surface area contributed by atoms with Gasteiger partial charge >= 0.3 is 6.61 Å². The Hall–Kier alpha value is -2.09. The summed E-state index contributed by atoms with van der Waals surface area (Å²) in [6.45, 7) is -0.394. The maximum absolute atomic E-state index is 12.3. The van der Waals surface area contributed by atoms with Gasteiger partial charge in [-0.3, -0.25) is 0 Å². The number of halogens is 2. The molecule has 8 heteroatoms. The van der Waals surface area contributed by atoms with Gasteiger partial charge in [0, 0.05) is 37.2 Å². The molecule has 5 nitrogen and oxygen atoms in total. The molecule has 1 saturated heterocycles. The van der Waals surface area contributed by atoms with Gasteiger partial charge in [0.15, 0.2) is 0 Å². The molecule has 1 N–H and O–H groups in total. The van der Waals surface area contributed by atoms with E-state index in [1.54, 1.807) is 12.1 Å². The first-order chi connectivity index (χ1) is 11.7. The van der Waals surface area contributed by atoms with Gasteiger partial charge in [0.25, 0.3) is 0 Å². The quantitative estimate of drug-likeness (QED) is 0.861. The maximum atomic E-state index is 12.3. The Morgan fingerprint density at radius 1 is 1.21 bits per heavy atom. The fraction of sp³-hybridized carbons (Fsp3) is 0.375. The summed E-state index contributed by atoms with van der Waals surface area (Å²) < 4.78 is 28.9. The fourth-order valence-corrected chi connectivity index (χ4v) is 3.34. The van der Waals surface area contributed by atoms with E-state index < -0.39 is 6.61 Å². The van der Waals surface area contributed by atoms with Crippen molar-refractivity contribution in [2.24, 2.45) is 0 Å². The number of ether oxygens (including phenoxy) is 1. The number of aromatic nitrogens is 2. The highest BCUT2D eigenvalue weighted by molar-refractivity contribution is 7.99. The SMILES string of the molecule is FC(F)Oc1cccc(CNc2cc(N3CCSCC3)ncn2)c1. The molecule has 2 heterocycles. The van der Waals surface area contributed by atoms with Crippen molar-refractivity contribution in [2.45, 2.75) is 13.2 Å². The molecular formula is C16H18F2N4OS. The lowest BCUT2D eigenvalue weighted by molar-refractivity contribution is -0.0498. The molecular weight excluding hydrogens is 334 g/mol. The van der Waals surface area contributed by atoms with Crippen LogP contribution in [0.4, 0.5) is 20.4 Å². The Morgan fingerprint density at radius 3 is 2.83 bits per heavy atom. The Bertz CT molecular complexity index is 668. The van der Waals surface area contributed by atoms with Crippen LogP contribution in [0.25, 0.3) is 0 Å². The number of hydrogen-bond donors (Lipinski definition) is 1. The van der Waals surface area contributed by atoms with Crippen molar-refractivity contribution in [3.05, 3.63) is 42.2 Å². The Morgan fingerprint density at radius 2 is 2.04 bits per heavy atom. The van der Waals surface area contributed by atoms with Crippen LogP contribution in [0.15, 0.2) is 36.7 Å². The van der Waals surface area contributed by atoms with E-state index in [-0.39, 0.29) is 5.75 Å². The number of rotatable bonds is 6. The molecule has 1 aliphatic rings. The first-order valence-electron chi connectivity index (χ1n) is 7.63. The van der Waals surface area contributed by atoms with E-state index in [9.17, 15) is 8.78 Å². The third-order valence-corrected chi connectivity index (χ3v) is 4.53. The molecule has 1 aliphatic heterocycles. The van der Waals surface area contributed by atoms with Crippen molar-refractivity contribution in [1.82, 2.24) is 9.97 Å². The number of benzene rings is 1. The van der Waals surface area contributed by atoms with Crippen molar-refractivity contribution >= 4 is 23.4 Å². The van der Waals surface area contributed by atoms with Crippen molar-refractivity contribution < 1.29 is 13.5 Å². The van der Waals surface area contributed by atoms with Crippen molar-refractivity contribution in [3.63, 3.8) is 0 Å². The third-order valence-electron chi connectivity index (χ3n) is 3.58. The summed E-state index contributed by atoms with van der Waals surface area (Å²) in [5.41, 5.74) is 0.836. The molecule has 0 amide bonds. The van der Waals surface area contributed by atoms with Crippen LogP contribution in [0, 0.1) is 0 Å². The fourth-order valence-electron chi connectivity index (χ4n) is 2.43. The van der Waals surface area contributed by atoms with E-state index in [0.717, 1.165) is 36.0 Å². The lowest BCUT2D eigenvalue weighted by Gasteiger charge is -2.27. The van der Waals surface area contributed by atoms with Gasteiger partial charge in [-0.25, -0.2) is 9.97 Å². The van der Waals surface area contributed by atoms with Crippen molar-refractivity contribution in [2.75, 3.05) is 34.8 Å². The van der Waals surface area contributed by atoms with Gasteiger partial charge in [-0.05, 0) is 17.7 Å². The Labute approximate surface area is 143 Å². The van der Waals surface area contributed by atoms with Crippen molar-refractivity contribution in [1.29, 1.82) is 0 Å². The normalized spacial score (nSPS) is 14.7. The summed E-state index contributed by atoms with van der Waals surface area (Å²) in [5, 5.41) is 3.19. The summed E-state index contributed by atoms with van der Waals surface area (Å²) >= 11 is 1.94. The number of thioether (sulfide) groups is 1. The van der Waals surface area contributed by atoms with Crippen LogP contribution in [0.5, 0.6) is 5.75 Å². The summed E-state index contributed by atoms with van der Waals surface area (Å²) in [7, 11) is 0. The van der Waals surface area contributed by atoms with Gasteiger partial charge < -0.3 is 15.0 Å². The van der Waals surface area contributed by atoms with Gasteiger partial charge in [0.1, 0.15) is 23.7 Å². The van der Waals surface area contributed by atoms with Gasteiger partial charge in [-0.15, -0.1) is 0 Å². The van der Waals surface area contributed by atoms with E-state index in [4.69, 9.17) is 0 Å². The zero-order chi connectivity index (χ0) is 16.8. The molecule has 1 fully saturated rings. The predicted molar refractivity (Wildman–Crippen MR) is 92.0 cm³/mol. The van der Waals surface area contributed by atoms with Crippen LogP contribution in [0.1, 0.15) is 5.56 Å². The standard InChI is InChI=1S/C16H18F2N4OS/c17-16(18)23-13-3-1-2-12(8-13)10-19-14-9-15(21-11-20-14)22-4-6-24-7-5-22/h1-3,8-9,11,16H,4-7,10H2,(H,19,20,21). The van der Waals surface area contributed by atoms with Crippen LogP contribution in [-0.4, -0.2) is 41.2 Å². The molecule has 24 heavy (non-hydrogen) atoms. The summed E-state index contributed by atoms with van der Waals surface area (Å²) in [6, 6.07) is 8.53. The monoisotopic (exact) mass is 352 g/mol. The van der Waals surface area contributed by atoms with E-state index in [1.165, 1.54) is 12.4 Å². The molecule has 1 aromatic carbocycles. The molecule has 128 valence electrons. The summed E-state index contributed by atoms with van der Waals surface area (Å²) in [6.07, 6.45) is 1.54. The Kier molecular flexibility index (Phi) is 5.68. The van der Waals surface area contributed by atoms with E-state index >= 15 is 0 Å². The first kappa shape index (κ1) is 16.8. The molecule has 0 aliphatic carbocycles. The van der Waals surface area contributed by atoms with Crippen molar-refractivity contribution in [3.8, 4) is 5.75 Å². The zero-order valence-electron chi connectivity index (χ0n) is 13.0. The van der Waals surface area contributed by atoms with E-state index in [0.29, 0.717) is 12.4 Å². The number of anilines is 2. The predicted octanol–water partition coefficient (Wildman–Crippen LogP) is 3.24. The summed E-state index contributed by atoms with van der Waals surface area (Å²) in [5.74, 6) is 3.97. The highest BCUT2D eigenvalue weighted by Crippen LogP contribution is 2.20. The number of alkyl halides is 2. The number of nitrogens with zero attached hydrogens (tertiary/aromatic N) is 3. The molecule has 0 unspecified atom stereocenters. The highest BCUT2D eigenvalue weighted by atomic mass is 32.2. The van der Waals surface area contributed by atoms with Crippen LogP contribution in [0.2, 0.25) is 0 Å². The van der Waals surface area contributed by atoms with Crippen LogP contribution < -0.4 is 15.0 Å². The molecule has 1 aromatic heterocycles. The van der Waals surface area contributed by atoms with Gasteiger partial charge in [0.05, 0.1) is 0 Å². The largest absolute Gasteiger partial charge is 0.435 e. The third kappa shape index (κ3) is 4.70. The molecule has 2 aromatic rings. The van der Waals surface area contributed by atoms with Crippen LogP contribution >= 0.6 is 11.8 Å². The average molecular weight is 352 g/mol. The second kappa shape index (κ2) is 8.14. The molecule has 0 atom stereocenters. The minimum Gasteiger partial charge on any atom is -0.435 e. The second-order valence-electron chi connectivity index (χ2n) is 5.24. The second-order valence-corrected chi connectivity index (χ2v) is 6.47. The van der Waals surface area contributed by atoms with Gasteiger partial charge in [-0.2, -0.15) is 20.5 Å². The Balaban J connectivity index is 1.62. The smallest absolute Gasteiger partial charge is 0.387 e. The average Bonchev–Trinajstić information content (AvgIpc) is 2.61. The lowest BCUT2D eigenvalue weighted by atomic mass is 10.2. The number of hydrogen-bond acceptors (Lipinski definition) is 6. The highest BCUT2D eigenvalue weighted by Gasteiger charge is 2.13. The molecule has 0 saturated carbocycles. The first-order valence-corrected chi connectivity index (χ1v) is 8.78. The molecule has 3 rings (SSSR count). The van der Waals surface area contributed by atoms with Crippen LogP contribution in [0.3, 0.4) is 0 Å². The lowest BCUT2D eigenvalue weighted by Crippen LogP contribution is -2.33. The van der Waals surface area contributed by atoms with Gasteiger partial charge in [-0.1, -0.05) is 12.1 Å². The van der Waals surface area contributed by atoms with Crippen LogP contribution in [-0.2, 0) is 6.54 Å². The molecule has 0 bridgehead atoms. The topological polar surface area (TPSA) is 50.3 Å².